The number of hydrogen-bond acceptors (Lipinski definition) is 2. The zero-order valence-electron chi connectivity index (χ0n) is 29.9. The van der Waals surface area contributed by atoms with Crippen LogP contribution in [0.5, 0.6) is 0 Å². The minimum absolute atomic E-state index is 0.162. The van der Waals surface area contributed by atoms with Crippen molar-refractivity contribution >= 4 is 34.1 Å². The van der Waals surface area contributed by atoms with Gasteiger partial charge in [-0.15, -0.1) is 0 Å². The van der Waals surface area contributed by atoms with E-state index in [4.69, 9.17) is 0 Å². The number of aryl methyl sites for hydroxylation is 2. The molecule has 0 amide bonds. The fourth-order valence-electron chi connectivity index (χ4n) is 9.24. The maximum Gasteiger partial charge on any atom is 0.0545 e. The van der Waals surface area contributed by atoms with Gasteiger partial charge in [0.1, 0.15) is 0 Å². The second kappa shape index (κ2) is 9.98. The largest absolute Gasteiger partial charge is 0.310 e. The van der Waals surface area contributed by atoms with Crippen LogP contribution < -0.4 is 9.80 Å². The van der Waals surface area contributed by atoms with E-state index in [2.05, 4.69) is 187 Å². The Bertz CT molecular complexity index is 2300. The highest BCUT2D eigenvalue weighted by Gasteiger charge is 2.52. The van der Waals surface area contributed by atoms with Gasteiger partial charge in [-0.25, -0.2) is 0 Å². The van der Waals surface area contributed by atoms with Crippen molar-refractivity contribution in [1.29, 1.82) is 0 Å². The first-order valence-corrected chi connectivity index (χ1v) is 17.7. The maximum atomic E-state index is 2.67. The lowest BCUT2D eigenvalue weighted by Crippen LogP contribution is -2.43. The van der Waals surface area contributed by atoms with Gasteiger partial charge in [-0.2, -0.15) is 0 Å². The van der Waals surface area contributed by atoms with Gasteiger partial charge in [0.2, 0.25) is 0 Å². The Balaban J connectivity index is 1.40. The van der Waals surface area contributed by atoms with Gasteiger partial charge < -0.3 is 9.80 Å². The third-order valence-electron chi connectivity index (χ3n) is 11.8. The molecule has 2 nitrogen and oxygen atoms in total. The van der Waals surface area contributed by atoms with Gasteiger partial charge >= 0.3 is 0 Å². The molecule has 0 unspecified atom stereocenters. The third-order valence-corrected chi connectivity index (χ3v) is 11.8. The van der Waals surface area contributed by atoms with E-state index in [9.17, 15) is 0 Å². The smallest absolute Gasteiger partial charge is 0.0545 e. The molecule has 9 rings (SSSR count). The number of rotatable bonds is 4. The first-order chi connectivity index (χ1) is 23.4. The Labute approximate surface area is 291 Å². The number of anilines is 6. The van der Waals surface area contributed by atoms with E-state index in [1.165, 1.54) is 89.8 Å². The van der Waals surface area contributed by atoms with E-state index < -0.39 is 0 Å². The van der Waals surface area contributed by atoms with Crippen molar-refractivity contribution in [3.63, 3.8) is 0 Å². The highest BCUT2D eigenvalue weighted by Crippen LogP contribution is 2.67. The predicted octanol–water partition coefficient (Wildman–Crippen LogP) is 12.8. The van der Waals surface area contributed by atoms with Crippen molar-refractivity contribution in [2.45, 2.75) is 71.6 Å². The van der Waals surface area contributed by atoms with E-state index in [1.54, 1.807) is 0 Å². The molecule has 242 valence electrons. The average molecular weight is 637 g/mol. The van der Waals surface area contributed by atoms with Crippen LogP contribution in [0, 0.1) is 13.8 Å². The van der Waals surface area contributed by atoms with Crippen molar-refractivity contribution in [3.05, 3.63) is 166 Å². The zero-order chi connectivity index (χ0) is 34.0. The monoisotopic (exact) mass is 636 g/mol. The predicted molar refractivity (Wildman–Crippen MR) is 207 cm³/mol. The van der Waals surface area contributed by atoms with Crippen LogP contribution in [-0.4, -0.2) is 0 Å². The van der Waals surface area contributed by atoms with Crippen LogP contribution in [0.15, 0.2) is 121 Å². The molecular formula is C47H44N2. The standard InChI is InChI=1S/C47H44N2/c1-29-22-30(2)24-34(23-29)48(33-18-13-10-14-19-33)35-27-40-44-41(28-35)47(7,8)39-26-32(31-16-11-9-12-17-31)25-38-43(39)49(44)42-36(45(38,3)4)20-15-21-37(42)46(40,5)6/h9-28H,1-8H3. The SMILES string of the molecule is Cc1cc(C)cc(N(c2ccccc2)c2cc3c4c(c2)C(C)(C)c2cc(-c5ccccc5)cc5c2N4c2c(cccc2C3(C)C)C5(C)C)c1. The summed E-state index contributed by atoms with van der Waals surface area (Å²) in [6, 6.07) is 45.7. The average Bonchev–Trinajstić information content (AvgIpc) is 3.08. The van der Waals surface area contributed by atoms with Crippen molar-refractivity contribution in [2.24, 2.45) is 0 Å². The van der Waals surface area contributed by atoms with E-state index >= 15 is 0 Å². The molecule has 6 aromatic rings. The zero-order valence-corrected chi connectivity index (χ0v) is 29.9. The molecule has 49 heavy (non-hydrogen) atoms. The summed E-state index contributed by atoms with van der Waals surface area (Å²) in [6.07, 6.45) is 0. The van der Waals surface area contributed by atoms with E-state index in [0.29, 0.717) is 0 Å². The summed E-state index contributed by atoms with van der Waals surface area (Å²) in [6.45, 7) is 19.0. The van der Waals surface area contributed by atoms with Crippen LogP contribution in [0.4, 0.5) is 34.1 Å². The fraction of sp³-hybridized carbons (Fsp3) is 0.234. The molecule has 3 aliphatic heterocycles. The second-order valence-corrected chi connectivity index (χ2v) is 16.1. The highest BCUT2D eigenvalue weighted by atomic mass is 15.2. The number of nitrogens with zero attached hydrogens (tertiary/aromatic N) is 2. The molecule has 0 atom stereocenters. The summed E-state index contributed by atoms with van der Waals surface area (Å²) < 4.78 is 0. The Morgan fingerprint density at radius 1 is 0.388 bits per heavy atom. The summed E-state index contributed by atoms with van der Waals surface area (Å²) in [4.78, 5) is 5.14. The third kappa shape index (κ3) is 4.07. The van der Waals surface area contributed by atoms with Gasteiger partial charge in [-0.05, 0) is 118 Å². The van der Waals surface area contributed by atoms with Crippen molar-refractivity contribution in [2.75, 3.05) is 9.80 Å². The Kier molecular flexibility index (Phi) is 6.11. The molecule has 0 aromatic heterocycles. The molecule has 0 spiro atoms. The minimum Gasteiger partial charge on any atom is -0.310 e. The number of para-hydroxylation sites is 2. The molecule has 0 saturated heterocycles. The lowest BCUT2D eigenvalue weighted by atomic mass is 9.60. The van der Waals surface area contributed by atoms with Gasteiger partial charge in [0.05, 0.1) is 17.1 Å². The first kappa shape index (κ1) is 30.0. The molecule has 3 heterocycles. The molecule has 6 aromatic carbocycles. The van der Waals surface area contributed by atoms with Gasteiger partial charge in [0, 0.05) is 33.3 Å². The van der Waals surface area contributed by atoms with Gasteiger partial charge in [-0.3, -0.25) is 0 Å². The van der Waals surface area contributed by atoms with Gasteiger partial charge in [0.25, 0.3) is 0 Å². The van der Waals surface area contributed by atoms with Crippen molar-refractivity contribution in [1.82, 2.24) is 0 Å². The molecule has 3 aliphatic rings. The molecule has 0 N–H and O–H groups in total. The molecular weight excluding hydrogens is 593 g/mol. The molecule has 0 bridgehead atoms. The van der Waals surface area contributed by atoms with Crippen molar-refractivity contribution < 1.29 is 0 Å². The van der Waals surface area contributed by atoms with Crippen LogP contribution >= 0.6 is 0 Å². The topological polar surface area (TPSA) is 6.48 Å². The second-order valence-electron chi connectivity index (χ2n) is 16.1. The highest BCUT2D eigenvalue weighted by molar-refractivity contribution is 6.00. The van der Waals surface area contributed by atoms with E-state index in [-0.39, 0.29) is 16.2 Å². The van der Waals surface area contributed by atoms with Crippen molar-refractivity contribution in [3.8, 4) is 11.1 Å². The van der Waals surface area contributed by atoms with Crippen LogP contribution in [0.2, 0.25) is 0 Å². The first-order valence-electron chi connectivity index (χ1n) is 17.7. The molecule has 2 heteroatoms. The number of hydrogen-bond donors (Lipinski definition) is 0. The van der Waals surface area contributed by atoms with Gasteiger partial charge in [-0.1, -0.05) is 114 Å². The molecule has 0 saturated carbocycles. The van der Waals surface area contributed by atoms with E-state index in [0.717, 1.165) is 0 Å². The lowest BCUT2D eigenvalue weighted by molar-refractivity contribution is 0.567. The quantitative estimate of drug-likeness (QED) is 0.190. The lowest BCUT2D eigenvalue weighted by Gasteiger charge is -2.55. The normalized spacial score (nSPS) is 16.6. The Morgan fingerprint density at radius 2 is 0.816 bits per heavy atom. The fourth-order valence-corrected chi connectivity index (χ4v) is 9.24. The summed E-state index contributed by atoms with van der Waals surface area (Å²) in [5.41, 5.74) is 20.5. The van der Waals surface area contributed by atoms with Crippen LogP contribution in [0.1, 0.15) is 86.1 Å². The molecule has 0 radical (unpaired) electrons. The van der Waals surface area contributed by atoms with Crippen LogP contribution in [-0.2, 0) is 16.2 Å². The Morgan fingerprint density at radius 3 is 1.35 bits per heavy atom. The summed E-state index contributed by atoms with van der Waals surface area (Å²) >= 11 is 0. The Hall–Kier alpha value is -5.08. The van der Waals surface area contributed by atoms with Gasteiger partial charge in [0.15, 0.2) is 0 Å². The summed E-state index contributed by atoms with van der Waals surface area (Å²) in [7, 11) is 0. The minimum atomic E-state index is -0.258. The summed E-state index contributed by atoms with van der Waals surface area (Å²) in [5.74, 6) is 0. The number of benzene rings is 6. The van der Waals surface area contributed by atoms with Crippen LogP contribution in [0.25, 0.3) is 11.1 Å². The molecule has 0 fully saturated rings. The maximum absolute atomic E-state index is 2.67. The van der Waals surface area contributed by atoms with E-state index in [1.807, 2.05) is 0 Å². The van der Waals surface area contributed by atoms with Crippen LogP contribution in [0.3, 0.4) is 0 Å². The molecule has 0 aliphatic carbocycles. The summed E-state index contributed by atoms with van der Waals surface area (Å²) in [5, 5.41) is 0.